The summed E-state index contributed by atoms with van der Waals surface area (Å²) in [4.78, 5) is 15.2. The zero-order valence-electron chi connectivity index (χ0n) is 9.76. The van der Waals surface area contributed by atoms with Crippen molar-refractivity contribution in [2.75, 3.05) is 13.2 Å². The average Bonchev–Trinajstić information content (AvgIpc) is 2.98. The SMILES string of the molecule is CC1OCCC1N1C(=O)CNC1c1cccs1. The third-order valence-corrected chi connectivity index (χ3v) is 4.44. The molecule has 3 unspecified atom stereocenters. The minimum atomic E-state index is 0.0386. The summed E-state index contributed by atoms with van der Waals surface area (Å²) in [6, 6.07) is 4.32. The Labute approximate surface area is 105 Å². The molecule has 1 N–H and O–H groups in total. The molecule has 2 saturated heterocycles. The van der Waals surface area contributed by atoms with Crippen LogP contribution in [0.5, 0.6) is 0 Å². The monoisotopic (exact) mass is 252 g/mol. The minimum absolute atomic E-state index is 0.0386. The van der Waals surface area contributed by atoms with Gasteiger partial charge in [0.25, 0.3) is 0 Å². The molecule has 0 saturated carbocycles. The van der Waals surface area contributed by atoms with Gasteiger partial charge >= 0.3 is 0 Å². The number of hydrogen-bond acceptors (Lipinski definition) is 4. The molecule has 17 heavy (non-hydrogen) atoms. The van der Waals surface area contributed by atoms with E-state index < -0.39 is 0 Å². The summed E-state index contributed by atoms with van der Waals surface area (Å²) >= 11 is 1.69. The molecular weight excluding hydrogens is 236 g/mol. The molecule has 2 fully saturated rings. The van der Waals surface area contributed by atoms with E-state index in [0.717, 1.165) is 13.0 Å². The summed E-state index contributed by atoms with van der Waals surface area (Å²) in [6.45, 7) is 3.24. The van der Waals surface area contributed by atoms with Crippen LogP contribution in [-0.2, 0) is 9.53 Å². The first kappa shape index (κ1) is 11.2. The third-order valence-electron chi connectivity index (χ3n) is 3.52. The molecule has 0 radical (unpaired) electrons. The van der Waals surface area contributed by atoms with Gasteiger partial charge < -0.3 is 9.64 Å². The van der Waals surface area contributed by atoms with Crippen LogP contribution in [-0.4, -0.2) is 36.1 Å². The van der Waals surface area contributed by atoms with Gasteiger partial charge in [0.15, 0.2) is 0 Å². The number of amides is 1. The third kappa shape index (κ3) is 1.88. The van der Waals surface area contributed by atoms with E-state index in [9.17, 15) is 4.79 Å². The van der Waals surface area contributed by atoms with E-state index in [1.807, 2.05) is 16.3 Å². The number of carbonyl (C=O) groups is 1. The average molecular weight is 252 g/mol. The predicted octanol–water partition coefficient (Wildman–Crippen LogP) is 1.36. The van der Waals surface area contributed by atoms with E-state index in [2.05, 4.69) is 18.3 Å². The molecule has 5 heteroatoms. The van der Waals surface area contributed by atoms with Crippen molar-refractivity contribution in [2.45, 2.75) is 31.7 Å². The Kier molecular flexibility index (Phi) is 2.90. The summed E-state index contributed by atoms with van der Waals surface area (Å²) < 4.78 is 5.57. The second-order valence-corrected chi connectivity index (χ2v) is 5.51. The van der Waals surface area contributed by atoms with Gasteiger partial charge in [-0.3, -0.25) is 10.1 Å². The molecule has 92 valence electrons. The topological polar surface area (TPSA) is 41.6 Å². The highest BCUT2D eigenvalue weighted by molar-refractivity contribution is 7.10. The molecule has 2 aliphatic heterocycles. The van der Waals surface area contributed by atoms with Crippen molar-refractivity contribution in [1.29, 1.82) is 0 Å². The Bertz CT molecular complexity index is 407. The molecule has 1 aromatic rings. The van der Waals surface area contributed by atoms with Crippen LogP contribution in [0.3, 0.4) is 0 Å². The lowest BCUT2D eigenvalue weighted by Gasteiger charge is -2.31. The van der Waals surface area contributed by atoms with E-state index in [1.165, 1.54) is 4.88 Å². The number of carbonyl (C=O) groups excluding carboxylic acids is 1. The van der Waals surface area contributed by atoms with Crippen LogP contribution in [0.2, 0.25) is 0 Å². The number of rotatable bonds is 2. The number of nitrogens with one attached hydrogen (secondary N) is 1. The van der Waals surface area contributed by atoms with Crippen molar-refractivity contribution in [3.8, 4) is 0 Å². The number of ether oxygens (including phenoxy) is 1. The van der Waals surface area contributed by atoms with Gasteiger partial charge in [-0.1, -0.05) is 6.07 Å². The molecule has 0 aromatic carbocycles. The molecule has 3 rings (SSSR count). The zero-order chi connectivity index (χ0) is 11.8. The quantitative estimate of drug-likeness (QED) is 0.864. The number of hydrogen-bond donors (Lipinski definition) is 1. The van der Waals surface area contributed by atoms with Crippen molar-refractivity contribution in [2.24, 2.45) is 0 Å². The Hall–Kier alpha value is -0.910. The van der Waals surface area contributed by atoms with Gasteiger partial charge in [0.2, 0.25) is 5.91 Å². The van der Waals surface area contributed by atoms with Crippen molar-refractivity contribution < 1.29 is 9.53 Å². The zero-order valence-corrected chi connectivity index (χ0v) is 10.6. The predicted molar refractivity (Wildman–Crippen MR) is 65.7 cm³/mol. The summed E-state index contributed by atoms with van der Waals surface area (Å²) in [5.41, 5.74) is 0. The maximum Gasteiger partial charge on any atom is 0.238 e. The molecule has 0 aliphatic carbocycles. The van der Waals surface area contributed by atoms with Crippen LogP contribution in [0.15, 0.2) is 17.5 Å². The van der Waals surface area contributed by atoms with E-state index in [4.69, 9.17) is 4.74 Å². The molecule has 1 aromatic heterocycles. The fraction of sp³-hybridized carbons (Fsp3) is 0.583. The van der Waals surface area contributed by atoms with Gasteiger partial charge in [-0.05, 0) is 24.8 Å². The second-order valence-electron chi connectivity index (χ2n) is 4.53. The van der Waals surface area contributed by atoms with E-state index in [1.54, 1.807) is 11.3 Å². The van der Waals surface area contributed by atoms with Crippen LogP contribution in [0.1, 0.15) is 24.4 Å². The molecule has 4 nitrogen and oxygen atoms in total. The Morgan fingerprint density at radius 2 is 2.47 bits per heavy atom. The van der Waals surface area contributed by atoms with Crippen LogP contribution < -0.4 is 5.32 Å². The normalized spacial score (nSPS) is 33.6. The van der Waals surface area contributed by atoms with Gasteiger partial charge in [-0.15, -0.1) is 11.3 Å². The van der Waals surface area contributed by atoms with Gasteiger partial charge in [-0.2, -0.15) is 0 Å². The number of thiophene rings is 1. The van der Waals surface area contributed by atoms with Crippen molar-refractivity contribution in [3.05, 3.63) is 22.4 Å². The summed E-state index contributed by atoms with van der Waals surface area (Å²) in [6.07, 6.45) is 1.12. The fourth-order valence-corrected chi connectivity index (χ4v) is 3.46. The molecule has 3 heterocycles. The Balaban J connectivity index is 1.87. The maximum atomic E-state index is 12.0. The maximum absolute atomic E-state index is 12.0. The smallest absolute Gasteiger partial charge is 0.238 e. The van der Waals surface area contributed by atoms with Crippen molar-refractivity contribution >= 4 is 17.2 Å². The van der Waals surface area contributed by atoms with Gasteiger partial charge in [0.05, 0.1) is 18.7 Å². The van der Waals surface area contributed by atoms with Crippen molar-refractivity contribution in [3.63, 3.8) is 0 Å². The van der Waals surface area contributed by atoms with Crippen molar-refractivity contribution in [1.82, 2.24) is 10.2 Å². The van der Waals surface area contributed by atoms with E-state index in [-0.39, 0.29) is 24.2 Å². The highest BCUT2D eigenvalue weighted by atomic mass is 32.1. The van der Waals surface area contributed by atoms with E-state index in [0.29, 0.717) is 6.54 Å². The second kappa shape index (κ2) is 4.40. The molecule has 1 amide bonds. The molecule has 3 atom stereocenters. The highest BCUT2D eigenvalue weighted by Gasteiger charge is 2.41. The molecule has 2 aliphatic rings. The fourth-order valence-electron chi connectivity index (χ4n) is 2.66. The first-order valence-corrected chi connectivity index (χ1v) is 6.85. The Morgan fingerprint density at radius 3 is 3.12 bits per heavy atom. The first-order chi connectivity index (χ1) is 8.27. The van der Waals surface area contributed by atoms with Gasteiger partial charge in [0.1, 0.15) is 6.17 Å². The van der Waals surface area contributed by atoms with Crippen LogP contribution in [0.4, 0.5) is 0 Å². The molecule has 0 bridgehead atoms. The summed E-state index contributed by atoms with van der Waals surface area (Å²) in [5, 5.41) is 5.34. The van der Waals surface area contributed by atoms with Gasteiger partial charge in [0, 0.05) is 11.5 Å². The van der Waals surface area contributed by atoms with Crippen LogP contribution in [0, 0.1) is 0 Å². The molecule has 0 spiro atoms. The summed E-state index contributed by atoms with van der Waals surface area (Å²) in [5.74, 6) is 0.186. The lowest BCUT2D eigenvalue weighted by molar-refractivity contribution is -0.131. The lowest BCUT2D eigenvalue weighted by Crippen LogP contribution is -2.43. The van der Waals surface area contributed by atoms with Gasteiger partial charge in [-0.25, -0.2) is 0 Å². The van der Waals surface area contributed by atoms with Crippen LogP contribution in [0.25, 0.3) is 0 Å². The minimum Gasteiger partial charge on any atom is -0.376 e. The largest absolute Gasteiger partial charge is 0.376 e. The Morgan fingerprint density at radius 1 is 1.59 bits per heavy atom. The summed E-state index contributed by atoms with van der Waals surface area (Å²) in [7, 11) is 0. The molecular formula is C12H16N2O2S. The standard InChI is InChI=1S/C12H16N2O2S/c1-8-9(4-5-16-8)14-11(15)7-13-12(14)10-3-2-6-17-10/h2-3,6,8-9,12-13H,4-5,7H2,1H3. The number of nitrogens with zero attached hydrogens (tertiary/aromatic N) is 1. The highest BCUT2D eigenvalue weighted by Crippen LogP contribution is 2.32. The first-order valence-electron chi connectivity index (χ1n) is 5.97. The van der Waals surface area contributed by atoms with Crippen LogP contribution >= 0.6 is 11.3 Å². The lowest BCUT2D eigenvalue weighted by atomic mass is 10.1. The van der Waals surface area contributed by atoms with E-state index >= 15 is 0 Å².